The SMILES string of the molecule is CCCCC#Cc1nc(N)c2c(n1)N([C@@H]1O[C@H](C)C(O)C1O)CN2NC(=O)CC. The lowest BCUT2D eigenvalue weighted by Crippen LogP contribution is -2.50. The molecule has 10 heteroatoms. The number of nitrogen functional groups attached to an aromatic ring is 1. The van der Waals surface area contributed by atoms with Crippen LogP contribution in [0.15, 0.2) is 0 Å². The highest BCUT2D eigenvalue weighted by Gasteiger charge is 2.47. The van der Waals surface area contributed by atoms with E-state index in [0.717, 1.165) is 19.3 Å². The second kappa shape index (κ2) is 8.82. The number of hydrazine groups is 1. The van der Waals surface area contributed by atoms with Gasteiger partial charge in [-0.15, -0.1) is 0 Å². The smallest absolute Gasteiger partial charge is 0.238 e. The first-order chi connectivity index (χ1) is 13.9. The molecule has 1 aromatic rings. The Bertz CT molecular complexity index is 823. The van der Waals surface area contributed by atoms with Gasteiger partial charge in [-0.2, -0.15) is 0 Å². The van der Waals surface area contributed by atoms with Gasteiger partial charge in [0.2, 0.25) is 11.7 Å². The summed E-state index contributed by atoms with van der Waals surface area (Å²) in [6.07, 6.45) is -0.542. The van der Waals surface area contributed by atoms with E-state index in [1.165, 1.54) is 5.01 Å². The minimum absolute atomic E-state index is 0.133. The van der Waals surface area contributed by atoms with Crippen molar-refractivity contribution in [1.29, 1.82) is 0 Å². The number of nitrogens with two attached hydrogens (primary N) is 1. The zero-order valence-electron chi connectivity index (χ0n) is 16.9. The normalized spacial score (nSPS) is 25.6. The molecular formula is C19H28N6O4. The molecule has 1 saturated heterocycles. The molecule has 29 heavy (non-hydrogen) atoms. The van der Waals surface area contributed by atoms with Crippen molar-refractivity contribution in [3.8, 4) is 11.8 Å². The van der Waals surface area contributed by atoms with Crippen LogP contribution in [0.3, 0.4) is 0 Å². The fourth-order valence-corrected chi connectivity index (χ4v) is 3.28. The van der Waals surface area contributed by atoms with E-state index in [-0.39, 0.29) is 30.6 Å². The molecule has 3 heterocycles. The summed E-state index contributed by atoms with van der Waals surface area (Å²) in [5, 5.41) is 22.1. The number of unbranched alkanes of at least 4 members (excludes halogenated alkanes) is 2. The summed E-state index contributed by atoms with van der Waals surface area (Å²) >= 11 is 0. The van der Waals surface area contributed by atoms with Gasteiger partial charge in [0.25, 0.3) is 0 Å². The first-order valence-corrected chi connectivity index (χ1v) is 9.89. The Morgan fingerprint density at radius 1 is 1.34 bits per heavy atom. The minimum Gasteiger partial charge on any atom is -0.388 e. The predicted octanol–water partition coefficient (Wildman–Crippen LogP) is 0.0922. The molecule has 1 fully saturated rings. The van der Waals surface area contributed by atoms with Crippen LogP contribution < -0.4 is 21.1 Å². The van der Waals surface area contributed by atoms with Gasteiger partial charge in [-0.1, -0.05) is 26.2 Å². The Hall–Kier alpha value is -2.61. The molecule has 5 N–H and O–H groups in total. The Morgan fingerprint density at radius 3 is 2.72 bits per heavy atom. The number of nitrogens with zero attached hydrogens (tertiary/aromatic N) is 4. The quantitative estimate of drug-likeness (QED) is 0.397. The molecule has 0 aliphatic carbocycles. The second-order valence-electron chi connectivity index (χ2n) is 7.15. The van der Waals surface area contributed by atoms with E-state index in [1.807, 2.05) is 0 Å². The minimum atomic E-state index is -1.14. The zero-order chi connectivity index (χ0) is 21.1. The predicted molar refractivity (Wildman–Crippen MR) is 107 cm³/mol. The summed E-state index contributed by atoms with van der Waals surface area (Å²) in [5.74, 6) is 6.55. The van der Waals surface area contributed by atoms with E-state index in [1.54, 1.807) is 18.7 Å². The van der Waals surface area contributed by atoms with Crippen molar-refractivity contribution >= 4 is 23.2 Å². The van der Waals surface area contributed by atoms with E-state index in [0.29, 0.717) is 11.5 Å². The maximum absolute atomic E-state index is 12.0. The van der Waals surface area contributed by atoms with Gasteiger partial charge < -0.3 is 25.6 Å². The fraction of sp³-hybridized carbons (Fsp3) is 0.632. The number of carbonyl (C=O) groups is 1. The van der Waals surface area contributed by atoms with Crippen LogP contribution in [0.1, 0.15) is 52.3 Å². The number of aliphatic hydroxyl groups excluding tert-OH is 2. The van der Waals surface area contributed by atoms with Crippen molar-refractivity contribution < 1.29 is 19.7 Å². The van der Waals surface area contributed by atoms with Crippen LogP contribution in [0.2, 0.25) is 0 Å². The summed E-state index contributed by atoms with van der Waals surface area (Å²) in [5.41, 5.74) is 9.34. The molecule has 0 aromatic carbocycles. The summed E-state index contributed by atoms with van der Waals surface area (Å²) < 4.78 is 5.75. The molecule has 2 unspecified atom stereocenters. The van der Waals surface area contributed by atoms with E-state index < -0.39 is 24.5 Å². The lowest BCUT2D eigenvalue weighted by Gasteiger charge is -2.28. The molecule has 3 rings (SSSR count). The number of rotatable bonds is 5. The highest BCUT2D eigenvalue weighted by atomic mass is 16.6. The van der Waals surface area contributed by atoms with E-state index in [4.69, 9.17) is 10.5 Å². The third-order valence-electron chi connectivity index (χ3n) is 4.95. The summed E-state index contributed by atoms with van der Waals surface area (Å²) in [7, 11) is 0. The van der Waals surface area contributed by atoms with Gasteiger partial charge in [-0.3, -0.25) is 15.2 Å². The second-order valence-corrected chi connectivity index (χ2v) is 7.15. The number of carbonyl (C=O) groups excluding carboxylic acids is 1. The first kappa shape index (κ1) is 21.1. The molecular weight excluding hydrogens is 376 g/mol. The molecule has 0 spiro atoms. The molecule has 0 bridgehead atoms. The highest BCUT2D eigenvalue weighted by Crippen LogP contribution is 2.40. The van der Waals surface area contributed by atoms with E-state index in [2.05, 4.69) is 34.2 Å². The third-order valence-corrected chi connectivity index (χ3v) is 4.95. The number of ether oxygens (including phenoxy) is 1. The lowest BCUT2D eigenvalue weighted by atomic mass is 10.1. The monoisotopic (exact) mass is 404 g/mol. The number of fused-ring (bicyclic) bond motifs is 1. The van der Waals surface area contributed by atoms with Crippen molar-refractivity contribution in [2.24, 2.45) is 0 Å². The highest BCUT2D eigenvalue weighted by molar-refractivity contribution is 5.86. The van der Waals surface area contributed by atoms with Crippen LogP contribution in [0.25, 0.3) is 0 Å². The maximum Gasteiger partial charge on any atom is 0.238 e. The van der Waals surface area contributed by atoms with Gasteiger partial charge in [0.15, 0.2) is 17.9 Å². The molecule has 4 atom stereocenters. The van der Waals surface area contributed by atoms with Gasteiger partial charge in [-0.25, -0.2) is 9.97 Å². The maximum atomic E-state index is 12.0. The van der Waals surface area contributed by atoms with Crippen LogP contribution in [-0.4, -0.2) is 57.3 Å². The number of aliphatic hydroxyl groups is 2. The summed E-state index contributed by atoms with van der Waals surface area (Å²) in [4.78, 5) is 22.4. The van der Waals surface area contributed by atoms with Gasteiger partial charge in [-0.05, 0) is 19.3 Å². The number of amides is 1. The Morgan fingerprint density at radius 2 is 2.10 bits per heavy atom. The van der Waals surface area contributed by atoms with Crippen molar-refractivity contribution in [1.82, 2.24) is 15.4 Å². The van der Waals surface area contributed by atoms with Crippen molar-refractivity contribution in [3.05, 3.63) is 5.82 Å². The number of hydrogen-bond acceptors (Lipinski definition) is 9. The zero-order valence-corrected chi connectivity index (χ0v) is 16.9. The average molecular weight is 404 g/mol. The van der Waals surface area contributed by atoms with Crippen LogP contribution in [-0.2, 0) is 9.53 Å². The molecule has 2 aliphatic rings. The first-order valence-electron chi connectivity index (χ1n) is 9.89. The van der Waals surface area contributed by atoms with E-state index in [9.17, 15) is 15.0 Å². The fourth-order valence-electron chi connectivity index (χ4n) is 3.28. The largest absolute Gasteiger partial charge is 0.388 e. The number of nitrogens with one attached hydrogen (secondary N) is 1. The van der Waals surface area contributed by atoms with Crippen LogP contribution in [0, 0.1) is 11.8 Å². The van der Waals surface area contributed by atoms with Gasteiger partial charge in [0.05, 0.1) is 6.10 Å². The van der Waals surface area contributed by atoms with E-state index >= 15 is 0 Å². The summed E-state index contributed by atoms with van der Waals surface area (Å²) in [6.45, 7) is 5.64. The van der Waals surface area contributed by atoms with Gasteiger partial charge in [0, 0.05) is 12.8 Å². The lowest BCUT2D eigenvalue weighted by molar-refractivity contribution is -0.120. The van der Waals surface area contributed by atoms with Crippen LogP contribution in [0.5, 0.6) is 0 Å². The van der Waals surface area contributed by atoms with Crippen molar-refractivity contribution in [2.75, 3.05) is 22.3 Å². The third kappa shape index (κ3) is 4.22. The topological polar surface area (TPSA) is 137 Å². The molecule has 1 amide bonds. The summed E-state index contributed by atoms with van der Waals surface area (Å²) in [6, 6.07) is 0. The average Bonchev–Trinajstić information content (AvgIpc) is 3.17. The number of hydrogen-bond donors (Lipinski definition) is 4. The molecule has 0 radical (unpaired) electrons. The molecule has 0 saturated carbocycles. The van der Waals surface area contributed by atoms with Gasteiger partial charge >= 0.3 is 0 Å². The van der Waals surface area contributed by atoms with Crippen LogP contribution in [0.4, 0.5) is 17.3 Å². The van der Waals surface area contributed by atoms with Crippen molar-refractivity contribution in [3.63, 3.8) is 0 Å². The van der Waals surface area contributed by atoms with Crippen LogP contribution >= 0.6 is 0 Å². The molecule has 158 valence electrons. The molecule has 10 nitrogen and oxygen atoms in total. The number of aromatic nitrogens is 2. The van der Waals surface area contributed by atoms with Crippen molar-refractivity contribution in [2.45, 2.75) is 71.0 Å². The standard InChI is InChI=1S/C19H28N6O4/c1-4-6-7-8-9-12-21-17(20)14-18(22-12)24(10-25(14)23-13(26)5-2)19-16(28)15(27)11(3)29-19/h11,15-16,19,27-28H,4-7,10H2,1-3H3,(H,23,26)(H2,20,21,22)/t11-,15?,16?,19-/m1/s1. The van der Waals surface area contributed by atoms with Gasteiger partial charge in [0.1, 0.15) is 24.6 Å². The Kier molecular flexibility index (Phi) is 6.42. The molecule has 1 aromatic heterocycles. The molecule has 2 aliphatic heterocycles. The number of anilines is 3. The Balaban J connectivity index is 1.97. The Labute approximate surface area is 170 Å².